The van der Waals surface area contributed by atoms with Crippen molar-refractivity contribution in [2.24, 2.45) is 5.41 Å². The van der Waals surface area contributed by atoms with E-state index in [0.717, 1.165) is 74.8 Å². The number of aliphatic hydroxyl groups is 1. The Morgan fingerprint density at radius 1 is 0.958 bits per heavy atom. The summed E-state index contributed by atoms with van der Waals surface area (Å²) in [5, 5.41) is 25.6. The summed E-state index contributed by atoms with van der Waals surface area (Å²) in [5.74, 6) is -1.81. The molecule has 1 unspecified atom stereocenters. The molecule has 4 heterocycles. The monoisotopic (exact) mass is 1020 g/mol. The van der Waals surface area contributed by atoms with E-state index in [4.69, 9.17) is 17.0 Å². The van der Waals surface area contributed by atoms with Crippen LogP contribution in [0.1, 0.15) is 88.4 Å². The number of rotatable bonds is 17. The van der Waals surface area contributed by atoms with Crippen LogP contribution in [-0.2, 0) is 43.1 Å². The molecule has 0 radical (unpaired) electrons. The third-order valence-electron chi connectivity index (χ3n) is 12.8. The van der Waals surface area contributed by atoms with E-state index in [2.05, 4.69) is 20.6 Å². The minimum absolute atomic E-state index is 0.00714. The molecule has 72 heavy (non-hydrogen) atoms. The minimum atomic E-state index is -4.80. The molecule has 2 aromatic heterocycles. The Kier molecular flexibility index (Phi) is 16.3. The van der Waals surface area contributed by atoms with E-state index in [-0.39, 0.29) is 42.8 Å². The topological polar surface area (TPSA) is 181 Å². The lowest BCUT2D eigenvalue weighted by Crippen LogP contribution is -2.58. The first kappa shape index (κ1) is 53.2. The summed E-state index contributed by atoms with van der Waals surface area (Å²) < 4.78 is 47.0. The lowest BCUT2D eigenvalue weighted by atomic mass is 9.85. The van der Waals surface area contributed by atoms with Crippen LogP contribution in [0.15, 0.2) is 90.6 Å². The number of aromatic nitrogens is 2. The number of pyridine rings is 1. The zero-order valence-corrected chi connectivity index (χ0v) is 42.5. The van der Waals surface area contributed by atoms with Gasteiger partial charge in [-0.15, -0.1) is 11.3 Å². The predicted molar refractivity (Wildman–Crippen MR) is 272 cm³/mol. The molecule has 0 bridgehead atoms. The number of carbonyl (C=O) groups excluding carboxylic acids is 4. The van der Waals surface area contributed by atoms with Gasteiger partial charge in [0.05, 0.1) is 45.1 Å². The number of nitriles is 1. The first-order valence-corrected chi connectivity index (χ1v) is 24.9. The van der Waals surface area contributed by atoms with E-state index in [1.165, 1.54) is 11.0 Å². The van der Waals surface area contributed by atoms with Crippen LogP contribution in [0.25, 0.3) is 21.6 Å². The van der Waals surface area contributed by atoms with Crippen LogP contribution in [0.2, 0.25) is 0 Å². The Morgan fingerprint density at radius 2 is 1.64 bits per heavy atom. The molecule has 5 aromatic rings. The average molecular weight is 1020 g/mol. The van der Waals surface area contributed by atoms with Crippen LogP contribution >= 0.6 is 23.6 Å². The summed E-state index contributed by atoms with van der Waals surface area (Å²) in [7, 11) is 0. The van der Waals surface area contributed by atoms with E-state index in [1.807, 2.05) is 76.2 Å². The van der Waals surface area contributed by atoms with Crippen molar-refractivity contribution >= 4 is 63.7 Å². The maximum atomic E-state index is 14.0. The Balaban J connectivity index is 0.841. The molecule has 2 fully saturated rings. The molecule has 19 heteroatoms. The standard InChI is InChI=1S/C53H57F3N8O6S2/c1-32-45(72-31-60-32)35-13-11-33(12-14-35)27-59-47(67)43-25-41(65)29-62(43)48(68)46(51(2,3)4)61-44(66)30-70-23-9-7-8-10-38-19-15-37(28-58-38)34-16-20-39(21-17-34)64-50(71)63(49(69)52(64,5)6)40-22-18-36(26-57)42(24-40)53(54,55)56/h11-22,24,28,31,41,43,46,65H,7-10,23,25,27,29-30H2,1-6H3,(H,59,67)(H,61,66)/t41-,43+,46?/m1/s1. The second kappa shape index (κ2) is 22.0. The molecular weight excluding hydrogens is 966 g/mol. The highest BCUT2D eigenvalue weighted by molar-refractivity contribution is 7.81. The Morgan fingerprint density at radius 3 is 2.26 bits per heavy atom. The van der Waals surface area contributed by atoms with Crippen molar-refractivity contribution in [3.05, 3.63) is 119 Å². The summed E-state index contributed by atoms with van der Waals surface area (Å²) in [6, 6.07) is 21.8. The number of alkyl halides is 3. The number of nitrogens with zero attached hydrogens (tertiary/aromatic N) is 6. The fraction of sp³-hybridized carbons (Fsp3) is 0.396. The third kappa shape index (κ3) is 12.0. The van der Waals surface area contributed by atoms with Gasteiger partial charge in [-0.2, -0.15) is 18.4 Å². The highest BCUT2D eigenvalue weighted by atomic mass is 32.1. The highest BCUT2D eigenvalue weighted by Gasteiger charge is 2.51. The van der Waals surface area contributed by atoms with Crippen LogP contribution in [0.5, 0.6) is 0 Å². The van der Waals surface area contributed by atoms with Crippen LogP contribution in [0.3, 0.4) is 0 Å². The molecule has 2 saturated heterocycles. The molecule has 0 saturated carbocycles. The molecule has 4 amide bonds. The van der Waals surface area contributed by atoms with Gasteiger partial charge in [0.1, 0.15) is 24.2 Å². The van der Waals surface area contributed by atoms with Gasteiger partial charge in [-0.3, -0.25) is 29.1 Å². The van der Waals surface area contributed by atoms with Crippen molar-refractivity contribution in [1.82, 2.24) is 25.5 Å². The first-order valence-electron chi connectivity index (χ1n) is 23.6. The number of nitrogens with one attached hydrogen (secondary N) is 2. The number of aryl methyl sites for hydroxylation is 2. The number of anilines is 2. The van der Waals surface area contributed by atoms with Gasteiger partial charge in [-0.05, 0) is 111 Å². The van der Waals surface area contributed by atoms with Crippen molar-refractivity contribution in [1.29, 1.82) is 5.26 Å². The van der Waals surface area contributed by atoms with Crippen LogP contribution in [0.4, 0.5) is 24.5 Å². The second-order valence-corrected chi connectivity index (χ2v) is 20.8. The van der Waals surface area contributed by atoms with Gasteiger partial charge in [0.25, 0.3) is 5.91 Å². The molecule has 3 N–H and O–H groups in total. The lowest BCUT2D eigenvalue weighted by Gasteiger charge is -2.35. The number of amides is 4. The predicted octanol–water partition coefficient (Wildman–Crippen LogP) is 8.53. The number of halogens is 3. The highest BCUT2D eigenvalue weighted by Crippen LogP contribution is 2.40. The Labute approximate surface area is 426 Å². The van der Waals surface area contributed by atoms with Gasteiger partial charge in [-0.25, -0.2) is 4.98 Å². The van der Waals surface area contributed by atoms with Crippen LogP contribution < -0.4 is 20.4 Å². The molecule has 0 spiro atoms. The molecule has 3 atom stereocenters. The van der Waals surface area contributed by atoms with Gasteiger partial charge in [0, 0.05) is 49.3 Å². The molecule has 2 aliphatic rings. The molecule has 7 rings (SSSR count). The van der Waals surface area contributed by atoms with Crippen molar-refractivity contribution in [3.8, 4) is 27.6 Å². The first-order chi connectivity index (χ1) is 34.1. The summed E-state index contributed by atoms with van der Waals surface area (Å²) >= 11 is 7.24. The van der Waals surface area contributed by atoms with E-state index in [9.17, 15) is 42.7 Å². The van der Waals surface area contributed by atoms with Gasteiger partial charge in [0.2, 0.25) is 17.7 Å². The van der Waals surface area contributed by atoms with Crippen molar-refractivity contribution in [2.75, 3.05) is 29.6 Å². The number of hydrogen-bond donors (Lipinski definition) is 3. The molecule has 0 aliphatic carbocycles. The number of ether oxygens (including phenoxy) is 1. The number of thiazole rings is 1. The van der Waals surface area contributed by atoms with Gasteiger partial charge in [0.15, 0.2) is 5.11 Å². The van der Waals surface area contributed by atoms with E-state index < -0.39 is 64.2 Å². The van der Waals surface area contributed by atoms with E-state index in [1.54, 1.807) is 60.0 Å². The lowest BCUT2D eigenvalue weighted by molar-refractivity contribution is -0.144. The number of benzene rings is 3. The third-order valence-corrected chi connectivity index (χ3v) is 14.1. The van der Waals surface area contributed by atoms with Crippen LogP contribution in [-0.4, -0.2) is 92.2 Å². The normalized spacial score (nSPS) is 17.3. The van der Waals surface area contributed by atoms with Gasteiger partial charge in [-0.1, -0.05) is 69.7 Å². The fourth-order valence-electron chi connectivity index (χ4n) is 8.84. The van der Waals surface area contributed by atoms with Crippen LogP contribution in [0, 0.1) is 23.7 Å². The average Bonchev–Trinajstić information content (AvgIpc) is 4.01. The molecule has 2 aliphatic heterocycles. The number of hydrogen-bond acceptors (Lipinski definition) is 11. The fourth-order valence-corrected chi connectivity index (χ4v) is 10.2. The van der Waals surface area contributed by atoms with Crippen molar-refractivity contribution < 1.29 is 42.2 Å². The Hall–Kier alpha value is -6.59. The number of carbonyl (C=O) groups is 4. The summed E-state index contributed by atoms with van der Waals surface area (Å²) in [6.45, 7) is 11.0. The summed E-state index contributed by atoms with van der Waals surface area (Å²) in [4.78, 5) is 68.3. The number of likely N-dealkylation sites (tertiary alicyclic amines) is 1. The van der Waals surface area contributed by atoms with E-state index in [0.29, 0.717) is 18.7 Å². The van der Waals surface area contributed by atoms with Crippen molar-refractivity contribution in [2.45, 2.75) is 110 Å². The number of unbranched alkanes of at least 4 members (excludes halogenated alkanes) is 2. The molecule has 14 nitrogen and oxygen atoms in total. The summed E-state index contributed by atoms with van der Waals surface area (Å²) in [6.07, 6.45) is -0.774. The zero-order chi connectivity index (χ0) is 52.1. The number of aliphatic hydroxyl groups excluding tert-OH is 1. The molecular formula is C53H57F3N8O6S2. The van der Waals surface area contributed by atoms with Crippen molar-refractivity contribution in [3.63, 3.8) is 0 Å². The maximum absolute atomic E-state index is 14.0. The maximum Gasteiger partial charge on any atom is 0.417 e. The Bertz CT molecular complexity index is 2840. The largest absolute Gasteiger partial charge is 0.417 e. The zero-order valence-electron chi connectivity index (χ0n) is 40.9. The SMILES string of the molecule is Cc1ncsc1-c1ccc(CNC(=O)[C@@H]2C[C@@H](O)CN2C(=O)C(NC(=O)COCCCCCc2ccc(-c3ccc(N4C(=S)N(c5ccc(C#N)c(C(F)(F)F)c5)C(=O)C4(C)C)cc3)cn2)C(C)(C)C)cc1. The summed E-state index contributed by atoms with van der Waals surface area (Å²) in [5.41, 5.74) is 4.12. The second-order valence-electron chi connectivity index (χ2n) is 19.5. The number of β-amino-alcohol motifs (C(OH)–C–C–N with tert-alkyl or cyclic N) is 1. The smallest absolute Gasteiger partial charge is 0.391 e. The van der Waals surface area contributed by atoms with Gasteiger partial charge < -0.3 is 30.3 Å². The minimum Gasteiger partial charge on any atom is -0.391 e. The quantitative estimate of drug-likeness (QED) is 0.0600. The van der Waals surface area contributed by atoms with E-state index >= 15 is 0 Å². The molecule has 3 aromatic carbocycles. The number of thiocarbonyl (C=S) groups is 1. The van der Waals surface area contributed by atoms with Gasteiger partial charge >= 0.3 is 6.18 Å². The molecule has 378 valence electrons.